The van der Waals surface area contributed by atoms with Crippen molar-refractivity contribution in [3.8, 4) is 0 Å². The Labute approximate surface area is 167 Å². The minimum absolute atomic E-state index is 0.329. The van der Waals surface area contributed by atoms with Crippen LogP contribution < -0.4 is 15.8 Å². The lowest BCUT2D eigenvalue weighted by Crippen LogP contribution is -2.62. The number of pyridine rings is 1. The number of hydrogen-bond acceptors (Lipinski definition) is 4. The van der Waals surface area contributed by atoms with Gasteiger partial charge < -0.3 is 4.90 Å². The van der Waals surface area contributed by atoms with Crippen LogP contribution >= 0.6 is 0 Å². The van der Waals surface area contributed by atoms with Crippen LogP contribution in [0.3, 0.4) is 0 Å². The average molecular weight is 386 g/mol. The molecule has 2 aromatic carbocycles. The highest BCUT2D eigenvalue weighted by molar-refractivity contribution is 6.15. The fraction of sp³-hybridized carbons (Fsp3) is 0.0909. The molecule has 2 N–H and O–H groups in total. The van der Waals surface area contributed by atoms with Crippen molar-refractivity contribution < 1.29 is 14.4 Å². The van der Waals surface area contributed by atoms with E-state index >= 15 is 0 Å². The topological polar surface area (TPSA) is 91.4 Å². The van der Waals surface area contributed by atoms with E-state index < -0.39 is 23.8 Å². The third kappa shape index (κ3) is 3.58. The molecule has 2 heterocycles. The zero-order valence-corrected chi connectivity index (χ0v) is 15.4. The second kappa shape index (κ2) is 7.93. The van der Waals surface area contributed by atoms with E-state index in [1.807, 2.05) is 30.3 Å². The molecule has 0 saturated carbocycles. The summed E-state index contributed by atoms with van der Waals surface area (Å²) in [6, 6.07) is 20.7. The van der Waals surface area contributed by atoms with E-state index in [0.717, 1.165) is 5.56 Å². The maximum Gasteiger partial charge on any atom is 0.269 e. The minimum atomic E-state index is -0.950. The average Bonchev–Trinajstić information content (AvgIpc) is 2.77. The van der Waals surface area contributed by atoms with Gasteiger partial charge in [-0.1, -0.05) is 36.4 Å². The van der Waals surface area contributed by atoms with Crippen LogP contribution in [0.4, 0.5) is 5.69 Å². The SMILES string of the molecule is O=C(NNC(=O)[C@@H]1C(=O)N(c2ccccc2)[C@H]1c1ccncc1)c1ccccc1. The molecular weight excluding hydrogens is 368 g/mol. The first-order valence-electron chi connectivity index (χ1n) is 9.10. The summed E-state index contributed by atoms with van der Waals surface area (Å²) in [6.45, 7) is 0. The number of hydrazine groups is 1. The number of benzene rings is 2. The van der Waals surface area contributed by atoms with Gasteiger partial charge in [-0.25, -0.2) is 0 Å². The summed E-state index contributed by atoms with van der Waals surface area (Å²) in [5.74, 6) is -2.29. The number of anilines is 1. The van der Waals surface area contributed by atoms with Crippen LogP contribution in [0.1, 0.15) is 22.0 Å². The number of amides is 3. The molecule has 144 valence electrons. The molecule has 1 fully saturated rings. The number of nitrogens with one attached hydrogen (secondary N) is 2. The Morgan fingerprint density at radius 3 is 2.10 bits per heavy atom. The molecule has 0 unspecified atom stereocenters. The minimum Gasteiger partial charge on any atom is -0.303 e. The summed E-state index contributed by atoms with van der Waals surface area (Å²) >= 11 is 0. The van der Waals surface area contributed by atoms with Crippen LogP contribution in [-0.2, 0) is 9.59 Å². The van der Waals surface area contributed by atoms with Gasteiger partial charge in [0.2, 0.25) is 5.91 Å². The number of β-lactam (4-membered cyclic amide) rings is 1. The Bertz CT molecular complexity index is 1030. The fourth-order valence-corrected chi connectivity index (χ4v) is 3.38. The quantitative estimate of drug-likeness (QED) is 0.409. The number of nitrogens with zero attached hydrogens (tertiary/aromatic N) is 2. The zero-order chi connectivity index (χ0) is 20.2. The summed E-state index contributed by atoms with van der Waals surface area (Å²) in [4.78, 5) is 43.3. The Morgan fingerprint density at radius 1 is 0.828 bits per heavy atom. The van der Waals surface area contributed by atoms with E-state index in [2.05, 4.69) is 15.8 Å². The lowest BCUT2D eigenvalue weighted by molar-refractivity contribution is -0.141. The molecule has 7 nitrogen and oxygen atoms in total. The van der Waals surface area contributed by atoms with E-state index in [0.29, 0.717) is 11.3 Å². The van der Waals surface area contributed by atoms with Gasteiger partial charge in [0.25, 0.3) is 11.8 Å². The van der Waals surface area contributed by atoms with Gasteiger partial charge in [-0.2, -0.15) is 0 Å². The summed E-state index contributed by atoms with van der Waals surface area (Å²) in [5.41, 5.74) is 6.66. The van der Waals surface area contributed by atoms with Gasteiger partial charge in [-0.3, -0.25) is 30.2 Å². The van der Waals surface area contributed by atoms with Crippen molar-refractivity contribution in [2.75, 3.05) is 4.90 Å². The van der Waals surface area contributed by atoms with Gasteiger partial charge in [0.15, 0.2) is 0 Å². The monoisotopic (exact) mass is 386 g/mol. The predicted octanol–water partition coefficient (Wildman–Crippen LogP) is 2.25. The van der Waals surface area contributed by atoms with Gasteiger partial charge in [0.05, 0.1) is 6.04 Å². The molecule has 3 aromatic rings. The third-order valence-electron chi connectivity index (χ3n) is 4.80. The first kappa shape index (κ1) is 18.4. The molecule has 2 atom stereocenters. The molecule has 7 heteroatoms. The smallest absolute Gasteiger partial charge is 0.269 e. The van der Waals surface area contributed by atoms with Crippen molar-refractivity contribution in [3.05, 3.63) is 96.3 Å². The number of rotatable bonds is 4. The fourth-order valence-electron chi connectivity index (χ4n) is 3.38. The summed E-state index contributed by atoms with van der Waals surface area (Å²) < 4.78 is 0. The van der Waals surface area contributed by atoms with Gasteiger partial charge in [0.1, 0.15) is 5.92 Å². The van der Waals surface area contributed by atoms with Crippen LogP contribution in [0.25, 0.3) is 0 Å². The number of carbonyl (C=O) groups is 3. The maximum atomic E-state index is 12.8. The van der Waals surface area contributed by atoms with Gasteiger partial charge in [0, 0.05) is 23.6 Å². The van der Waals surface area contributed by atoms with Gasteiger partial charge in [-0.05, 0) is 42.0 Å². The maximum absolute atomic E-state index is 12.8. The zero-order valence-electron chi connectivity index (χ0n) is 15.4. The first-order chi connectivity index (χ1) is 14.2. The van der Waals surface area contributed by atoms with Crippen LogP contribution in [0.2, 0.25) is 0 Å². The number of carbonyl (C=O) groups excluding carboxylic acids is 3. The summed E-state index contributed by atoms with van der Waals surface area (Å²) in [7, 11) is 0. The Kier molecular flexibility index (Phi) is 5.03. The first-order valence-corrected chi connectivity index (χ1v) is 9.10. The van der Waals surface area contributed by atoms with E-state index in [-0.39, 0.29) is 5.91 Å². The normalized spacial score (nSPS) is 17.9. The molecule has 0 spiro atoms. The van der Waals surface area contributed by atoms with Crippen LogP contribution in [0.15, 0.2) is 85.2 Å². The molecule has 29 heavy (non-hydrogen) atoms. The van der Waals surface area contributed by atoms with E-state index in [1.54, 1.807) is 59.8 Å². The van der Waals surface area contributed by atoms with E-state index in [9.17, 15) is 14.4 Å². The van der Waals surface area contributed by atoms with E-state index in [4.69, 9.17) is 0 Å². The molecular formula is C22H18N4O3. The standard InChI is InChI=1S/C22H18N4O3/c27-20(16-7-3-1-4-8-16)24-25-21(28)18-19(15-11-13-23-14-12-15)26(22(18)29)17-9-5-2-6-10-17/h1-14,18-19H,(H,24,27)(H,25,28)/t18-,19+/m1/s1. The summed E-state index contributed by atoms with van der Waals surface area (Å²) in [5, 5.41) is 0. The molecule has 1 aliphatic heterocycles. The summed E-state index contributed by atoms with van der Waals surface area (Å²) in [6.07, 6.45) is 3.24. The highest BCUT2D eigenvalue weighted by Crippen LogP contribution is 2.43. The molecule has 1 saturated heterocycles. The second-order valence-corrected chi connectivity index (χ2v) is 6.56. The molecule has 1 aliphatic rings. The van der Waals surface area contributed by atoms with Crippen LogP contribution in [0.5, 0.6) is 0 Å². The molecule has 3 amide bonds. The lowest BCUT2D eigenvalue weighted by Gasteiger charge is -2.46. The van der Waals surface area contributed by atoms with Crippen molar-refractivity contribution in [2.45, 2.75) is 6.04 Å². The second-order valence-electron chi connectivity index (χ2n) is 6.56. The highest BCUT2D eigenvalue weighted by atomic mass is 16.2. The van der Waals surface area contributed by atoms with Crippen molar-refractivity contribution in [1.82, 2.24) is 15.8 Å². The van der Waals surface area contributed by atoms with Gasteiger partial charge >= 0.3 is 0 Å². The predicted molar refractivity (Wildman–Crippen MR) is 106 cm³/mol. The van der Waals surface area contributed by atoms with Crippen molar-refractivity contribution in [1.29, 1.82) is 0 Å². The van der Waals surface area contributed by atoms with Crippen LogP contribution in [-0.4, -0.2) is 22.7 Å². The van der Waals surface area contributed by atoms with Crippen molar-refractivity contribution >= 4 is 23.4 Å². The molecule has 0 radical (unpaired) electrons. The molecule has 0 aliphatic carbocycles. The van der Waals surface area contributed by atoms with Gasteiger partial charge in [-0.15, -0.1) is 0 Å². The van der Waals surface area contributed by atoms with Crippen molar-refractivity contribution in [2.24, 2.45) is 5.92 Å². The van der Waals surface area contributed by atoms with Crippen molar-refractivity contribution in [3.63, 3.8) is 0 Å². The Morgan fingerprint density at radius 2 is 1.45 bits per heavy atom. The molecule has 4 rings (SSSR count). The molecule has 0 bridgehead atoms. The number of hydrogen-bond donors (Lipinski definition) is 2. The lowest BCUT2D eigenvalue weighted by atomic mass is 9.81. The Hall–Kier alpha value is -4.00. The third-order valence-corrected chi connectivity index (χ3v) is 4.80. The Balaban J connectivity index is 1.53. The number of aromatic nitrogens is 1. The largest absolute Gasteiger partial charge is 0.303 e. The highest BCUT2D eigenvalue weighted by Gasteiger charge is 2.53. The van der Waals surface area contributed by atoms with E-state index in [1.165, 1.54) is 0 Å². The number of para-hydroxylation sites is 1. The molecule has 1 aromatic heterocycles. The van der Waals surface area contributed by atoms with Crippen LogP contribution in [0, 0.1) is 5.92 Å².